The zero-order chi connectivity index (χ0) is 18.6. The molecule has 6 nitrogen and oxygen atoms in total. The van der Waals surface area contributed by atoms with Gasteiger partial charge in [-0.25, -0.2) is 9.37 Å². The van der Waals surface area contributed by atoms with Crippen molar-refractivity contribution in [2.45, 2.75) is 10.9 Å². The van der Waals surface area contributed by atoms with E-state index in [0.717, 1.165) is 22.7 Å². The predicted molar refractivity (Wildman–Crippen MR) is 99.4 cm³/mol. The topological polar surface area (TPSA) is 66.0 Å². The molecule has 27 heavy (non-hydrogen) atoms. The quantitative estimate of drug-likeness (QED) is 0.462. The zero-order valence-electron chi connectivity index (χ0n) is 14.4. The van der Waals surface area contributed by atoms with Crippen LogP contribution in [-0.4, -0.2) is 26.9 Å². The van der Waals surface area contributed by atoms with Crippen molar-refractivity contribution in [3.63, 3.8) is 0 Å². The smallest absolute Gasteiger partial charge is 0.226 e. The number of benzene rings is 2. The number of thioether (sulfide) groups is 1. The number of hydrogen-bond donors (Lipinski definition) is 0. The van der Waals surface area contributed by atoms with Crippen molar-refractivity contribution < 1.29 is 13.5 Å². The van der Waals surface area contributed by atoms with E-state index in [1.807, 2.05) is 28.8 Å². The molecule has 0 unspecified atom stereocenters. The number of aromatic nitrogens is 4. The number of ether oxygens (including phenoxy) is 1. The highest BCUT2D eigenvalue weighted by Gasteiger charge is 2.13. The third-order valence-electron chi connectivity index (χ3n) is 3.85. The second kappa shape index (κ2) is 7.63. The van der Waals surface area contributed by atoms with Gasteiger partial charge < -0.3 is 9.15 Å². The molecule has 4 aromatic rings. The Bertz CT molecular complexity index is 1050. The molecule has 2 aromatic heterocycles. The van der Waals surface area contributed by atoms with Crippen molar-refractivity contribution in [3.05, 3.63) is 72.6 Å². The third kappa shape index (κ3) is 3.70. The Kier molecular flexibility index (Phi) is 4.88. The number of rotatable bonds is 6. The van der Waals surface area contributed by atoms with Crippen LogP contribution < -0.4 is 4.74 Å². The van der Waals surface area contributed by atoms with Gasteiger partial charge in [-0.2, -0.15) is 0 Å². The van der Waals surface area contributed by atoms with E-state index < -0.39 is 0 Å². The van der Waals surface area contributed by atoms with Crippen LogP contribution in [0.2, 0.25) is 0 Å². The lowest BCUT2D eigenvalue weighted by molar-refractivity contribution is 0.412. The van der Waals surface area contributed by atoms with Crippen LogP contribution in [0.25, 0.3) is 17.1 Å². The number of nitrogens with zero attached hydrogens (tertiary/aromatic N) is 4. The van der Waals surface area contributed by atoms with E-state index in [9.17, 15) is 4.39 Å². The van der Waals surface area contributed by atoms with Gasteiger partial charge in [0.2, 0.25) is 5.89 Å². The minimum atomic E-state index is -0.295. The molecule has 2 aromatic carbocycles. The summed E-state index contributed by atoms with van der Waals surface area (Å²) < 4.78 is 25.8. The van der Waals surface area contributed by atoms with Gasteiger partial charge in [-0.3, -0.25) is 4.57 Å². The zero-order valence-corrected chi connectivity index (χ0v) is 15.2. The van der Waals surface area contributed by atoms with Gasteiger partial charge in [-0.05, 0) is 36.4 Å². The standard InChI is InChI=1S/C19H15FN4O2S/c1-25-17-5-3-2-4-16(17)24-12-21-23-19(24)27-11-15-10-26-18(22-15)13-6-8-14(20)9-7-13/h2-10,12H,11H2,1H3. The molecule has 136 valence electrons. The molecular weight excluding hydrogens is 367 g/mol. The van der Waals surface area contributed by atoms with E-state index >= 15 is 0 Å². The molecule has 0 atom stereocenters. The third-order valence-corrected chi connectivity index (χ3v) is 4.83. The molecule has 0 aliphatic carbocycles. The lowest BCUT2D eigenvalue weighted by Gasteiger charge is -2.10. The van der Waals surface area contributed by atoms with E-state index in [1.54, 1.807) is 31.8 Å². The average molecular weight is 382 g/mol. The summed E-state index contributed by atoms with van der Waals surface area (Å²) in [6, 6.07) is 13.7. The summed E-state index contributed by atoms with van der Waals surface area (Å²) in [5.41, 5.74) is 2.35. The lowest BCUT2D eigenvalue weighted by atomic mass is 10.2. The summed E-state index contributed by atoms with van der Waals surface area (Å²) in [7, 11) is 1.63. The molecule has 8 heteroatoms. The van der Waals surface area contributed by atoms with Crippen molar-refractivity contribution in [3.8, 4) is 22.9 Å². The van der Waals surface area contributed by atoms with E-state index in [0.29, 0.717) is 16.8 Å². The fraction of sp³-hybridized carbons (Fsp3) is 0.105. The van der Waals surface area contributed by atoms with Gasteiger partial charge in [0.15, 0.2) is 5.16 Å². The van der Waals surface area contributed by atoms with Crippen LogP contribution in [0.1, 0.15) is 5.69 Å². The van der Waals surface area contributed by atoms with Crippen LogP contribution in [0.5, 0.6) is 5.75 Å². The maximum atomic E-state index is 13.0. The number of methoxy groups -OCH3 is 1. The first-order valence-electron chi connectivity index (χ1n) is 8.11. The summed E-state index contributed by atoms with van der Waals surface area (Å²) in [4.78, 5) is 4.45. The monoisotopic (exact) mass is 382 g/mol. The molecule has 4 rings (SSSR count). The predicted octanol–water partition coefficient (Wildman–Crippen LogP) is 4.36. The second-order valence-electron chi connectivity index (χ2n) is 5.59. The van der Waals surface area contributed by atoms with Crippen molar-refractivity contribution >= 4 is 11.8 Å². The Morgan fingerprint density at radius 3 is 2.78 bits per heavy atom. The van der Waals surface area contributed by atoms with Crippen LogP contribution in [0.3, 0.4) is 0 Å². The summed E-state index contributed by atoms with van der Waals surface area (Å²) in [6.45, 7) is 0. The van der Waals surface area contributed by atoms with Gasteiger partial charge in [-0.15, -0.1) is 10.2 Å². The van der Waals surface area contributed by atoms with Crippen LogP contribution in [-0.2, 0) is 5.75 Å². The maximum absolute atomic E-state index is 13.0. The van der Waals surface area contributed by atoms with Crippen LogP contribution in [0.15, 0.2) is 70.7 Å². The van der Waals surface area contributed by atoms with Crippen LogP contribution >= 0.6 is 11.8 Å². The van der Waals surface area contributed by atoms with Gasteiger partial charge in [0, 0.05) is 11.3 Å². The first-order chi connectivity index (χ1) is 13.2. The summed E-state index contributed by atoms with van der Waals surface area (Å²) >= 11 is 1.48. The van der Waals surface area contributed by atoms with E-state index in [1.165, 1.54) is 23.9 Å². The fourth-order valence-corrected chi connectivity index (χ4v) is 3.35. The van der Waals surface area contributed by atoms with Gasteiger partial charge in [-0.1, -0.05) is 23.9 Å². The van der Waals surface area contributed by atoms with Crippen molar-refractivity contribution in [1.29, 1.82) is 0 Å². The molecule has 0 amide bonds. The Labute approximate surface area is 159 Å². The van der Waals surface area contributed by atoms with Crippen molar-refractivity contribution in [2.24, 2.45) is 0 Å². The Morgan fingerprint density at radius 1 is 1.15 bits per heavy atom. The first-order valence-corrected chi connectivity index (χ1v) is 9.09. The number of halogens is 1. The molecule has 0 radical (unpaired) electrons. The van der Waals surface area contributed by atoms with Crippen molar-refractivity contribution in [2.75, 3.05) is 7.11 Å². The number of hydrogen-bond acceptors (Lipinski definition) is 6. The maximum Gasteiger partial charge on any atom is 0.226 e. The summed E-state index contributed by atoms with van der Waals surface area (Å²) in [5.74, 6) is 1.45. The van der Waals surface area contributed by atoms with E-state index in [4.69, 9.17) is 9.15 Å². The Balaban J connectivity index is 1.51. The number of para-hydroxylation sites is 2. The molecule has 2 heterocycles. The molecule has 0 bridgehead atoms. The number of oxazole rings is 1. The molecule has 0 spiro atoms. The van der Waals surface area contributed by atoms with E-state index in [2.05, 4.69) is 15.2 Å². The Hall–Kier alpha value is -3.13. The Morgan fingerprint density at radius 2 is 1.96 bits per heavy atom. The van der Waals surface area contributed by atoms with Gasteiger partial charge in [0.25, 0.3) is 0 Å². The molecule has 0 aliphatic heterocycles. The molecule has 0 aliphatic rings. The first kappa shape index (κ1) is 17.3. The minimum Gasteiger partial charge on any atom is -0.495 e. The normalized spacial score (nSPS) is 10.9. The summed E-state index contributed by atoms with van der Waals surface area (Å²) in [5, 5.41) is 8.90. The van der Waals surface area contributed by atoms with E-state index in [-0.39, 0.29) is 5.82 Å². The average Bonchev–Trinajstić information content (AvgIpc) is 3.36. The van der Waals surface area contributed by atoms with Crippen LogP contribution in [0, 0.1) is 5.82 Å². The highest BCUT2D eigenvalue weighted by molar-refractivity contribution is 7.98. The minimum absolute atomic E-state index is 0.295. The van der Waals surface area contributed by atoms with Gasteiger partial charge in [0.1, 0.15) is 24.2 Å². The SMILES string of the molecule is COc1ccccc1-n1cnnc1SCc1coc(-c2ccc(F)cc2)n1. The largest absolute Gasteiger partial charge is 0.495 e. The van der Waals surface area contributed by atoms with Gasteiger partial charge >= 0.3 is 0 Å². The second-order valence-corrected chi connectivity index (χ2v) is 6.54. The molecule has 0 saturated carbocycles. The fourth-order valence-electron chi connectivity index (χ4n) is 2.55. The molecular formula is C19H15FN4O2S. The summed E-state index contributed by atoms with van der Waals surface area (Å²) in [6.07, 6.45) is 3.24. The highest BCUT2D eigenvalue weighted by Crippen LogP contribution is 2.29. The molecule has 0 N–H and O–H groups in total. The molecule has 0 fully saturated rings. The van der Waals surface area contributed by atoms with Crippen LogP contribution in [0.4, 0.5) is 4.39 Å². The lowest BCUT2D eigenvalue weighted by Crippen LogP contribution is -1.98. The molecule has 0 saturated heterocycles. The van der Waals surface area contributed by atoms with Crippen molar-refractivity contribution in [1.82, 2.24) is 19.7 Å². The van der Waals surface area contributed by atoms with Gasteiger partial charge in [0.05, 0.1) is 18.5 Å². The highest BCUT2D eigenvalue weighted by atomic mass is 32.2.